The predicted octanol–water partition coefficient (Wildman–Crippen LogP) is 5.42. The van der Waals surface area contributed by atoms with Crippen LogP contribution in [-0.4, -0.2) is 25.1 Å². The van der Waals surface area contributed by atoms with Crippen molar-refractivity contribution in [2.75, 3.05) is 20.2 Å². The Morgan fingerprint density at radius 3 is 2.69 bits per heavy atom. The molecule has 1 saturated carbocycles. The molecule has 138 valence electrons. The molecule has 4 rings (SSSR count). The van der Waals surface area contributed by atoms with Gasteiger partial charge in [0.25, 0.3) is 0 Å². The summed E-state index contributed by atoms with van der Waals surface area (Å²) in [5.41, 5.74) is 3.30. The highest BCUT2D eigenvalue weighted by Crippen LogP contribution is 2.49. The highest BCUT2D eigenvalue weighted by atomic mass is 16.5. The highest BCUT2D eigenvalue weighted by molar-refractivity contribution is 5.35. The molecule has 2 heteroatoms. The van der Waals surface area contributed by atoms with Gasteiger partial charge in [0.2, 0.25) is 0 Å². The Hall–Kier alpha value is -1.80. The van der Waals surface area contributed by atoms with E-state index in [2.05, 4.69) is 59.5 Å². The zero-order valence-electron chi connectivity index (χ0n) is 16.0. The van der Waals surface area contributed by atoms with Gasteiger partial charge in [-0.3, -0.25) is 4.90 Å². The molecule has 1 saturated heterocycles. The molecule has 2 fully saturated rings. The number of rotatable bonds is 4. The number of hydrogen-bond acceptors (Lipinski definition) is 2. The van der Waals surface area contributed by atoms with Gasteiger partial charge in [0.05, 0.1) is 7.11 Å². The SMILES string of the molecule is COc1cccc(C23CCCCC2CN(Cc2ccccc2)CCC3)c1. The fourth-order valence-electron chi connectivity index (χ4n) is 5.37. The molecule has 2 nitrogen and oxygen atoms in total. The van der Waals surface area contributed by atoms with E-state index < -0.39 is 0 Å². The zero-order valence-corrected chi connectivity index (χ0v) is 16.0. The summed E-state index contributed by atoms with van der Waals surface area (Å²) < 4.78 is 5.54. The summed E-state index contributed by atoms with van der Waals surface area (Å²) in [6, 6.07) is 19.9. The molecule has 2 aromatic carbocycles. The van der Waals surface area contributed by atoms with Crippen LogP contribution in [0.1, 0.15) is 49.7 Å². The van der Waals surface area contributed by atoms with Crippen molar-refractivity contribution in [3.8, 4) is 5.75 Å². The second-order valence-corrected chi connectivity index (χ2v) is 8.16. The number of hydrogen-bond donors (Lipinski definition) is 0. The number of nitrogens with zero attached hydrogens (tertiary/aromatic N) is 1. The lowest BCUT2D eigenvalue weighted by Crippen LogP contribution is -2.41. The normalized spacial score (nSPS) is 26.7. The molecular formula is C24H31NO. The van der Waals surface area contributed by atoms with Crippen LogP contribution in [0.25, 0.3) is 0 Å². The second kappa shape index (κ2) is 7.84. The monoisotopic (exact) mass is 349 g/mol. The van der Waals surface area contributed by atoms with E-state index in [-0.39, 0.29) is 0 Å². The standard InChI is InChI=1S/C24H31NO/c1-26-23-13-7-12-21(17-23)24-14-6-5-11-22(24)19-25(16-8-15-24)18-20-9-3-2-4-10-20/h2-4,7,9-10,12-13,17,22H,5-6,8,11,14-16,18-19H2,1H3. The van der Waals surface area contributed by atoms with Gasteiger partial charge in [0, 0.05) is 13.1 Å². The molecule has 2 atom stereocenters. The van der Waals surface area contributed by atoms with Crippen LogP contribution in [0.3, 0.4) is 0 Å². The Morgan fingerprint density at radius 1 is 1.00 bits per heavy atom. The maximum atomic E-state index is 5.54. The number of likely N-dealkylation sites (tertiary alicyclic amines) is 1. The van der Waals surface area contributed by atoms with E-state index in [1.165, 1.54) is 62.7 Å². The largest absolute Gasteiger partial charge is 0.497 e. The van der Waals surface area contributed by atoms with Gasteiger partial charge >= 0.3 is 0 Å². The highest BCUT2D eigenvalue weighted by Gasteiger charge is 2.43. The van der Waals surface area contributed by atoms with Crippen LogP contribution in [0.5, 0.6) is 5.75 Å². The molecule has 26 heavy (non-hydrogen) atoms. The minimum absolute atomic E-state index is 0.345. The van der Waals surface area contributed by atoms with Crippen molar-refractivity contribution in [3.05, 3.63) is 65.7 Å². The summed E-state index contributed by atoms with van der Waals surface area (Å²) in [7, 11) is 1.78. The molecule has 0 N–H and O–H groups in total. The maximum Gasteiger partial charge on any atom is 0.119 e. The van der Waals surface area contributed by atoms with Crippen LogP contribution >= 0.6 is 0 Å². The quantitative estimate of drug-likeness (QED) is 0.731. The average Bonchev–Trinajstić information content (AvgIpc) is 2.88. The third-order valence-corrected chi connectivity index (χ3v) is 6.68. The number of ether oxygens (including phenoxy) is 1. The first-order valence-electron chi connectivity index (χ1n) is 10.2. The third kappa shape index (κ3) is 3.53. The van der Waals surface area contributed by atoms with Gasteiger partial charge in [-0.15, -0.1) is 0 Å². The summed E-state index contributed by atoms with van der Waals surface area (Å²) in [4.78, 5) is 2.70. The van der Waals surface area contributed by atoms with Crippen LogP contribution < -0.4 is 4.74 Å². The predicted molar refractivity (Wildman–Crippen MR) is 108 cm³/mol. The molecule has 1 aliphatic heterocycles. The van der Waals surface area contributed by atoms with Gasteiger partial charge in [0.15, 0.2) is 0 Å². The molecule has 2 aliphatic rings. The van der Waals surface area contributed by atoms with Crippen molar-refractivity contribution >= 4 is 0 Å². The molecule has 2 unspecified atom stereocenters. The summed E-state index contributed by atoms with van der Waals surface area (Å²) in [5.74, 6) is 1.76. The summed E-state index contributed by atoms with van der Waals surface area (Å²) in [5, 5.41) is 0. The van der Waals surface area contributed by atoms with Gasteiger partial charge in [-0.1, -0.05) is 55.3 Å². The summed E-state index contributed by atoms with van der Waals surface area (Å²) >= 11 is 0. The van der Waals surface area contributed by atoms with E-state index in [4.69, 9.17) is 4.74 Å². The number of benzene rings is 2. The van der Waals surface area contributed by atoms with E-state index in [9.17, 15) is 0 Å². The Labute approximate surface area is 158 Å². The smallest absolute Gasteiger partial charge is 0.119 e. The number of methoxy groups -OCH3 is 1. The van der Waals surface area contributed by atoms with Gasteiger partial charge in [0.1, 0.15) is 5.75 Å². The maximum absolute atomic E-state index is 5.54. The Balaban J connectivity index is 1.60. The summed E-state index contributed by atoms with van der Waals surface area (Å²) in [6.45, 7) is 3.54. The lowest BCUT2D eigenvalue weighted by Gasteiger charge is -2.45. The molecule has 0 radical (unpaired) electrons. The van der Waals surface area contributed by atoms with Gasteiger partial charge < -0.3 is 4.74 Å². The average molecular weight is 350 g/mol. The lowest BCUT2D eigenvalue weighted by molar-refractivity contribution is 0.143. The lowest BCUT2D eigenvalue weighted by atomic mass is 9.61. The van der Waals surface area contributed by atoms with Gasteiger partial charge in [-0.2, -0.15) is 0 Å². The van der Waals surface area contributed by atoms with Crippen molar-refractivity contribution in [3.63, 3.8) is 0 Å². The Morgan fingerprint density at radius 2 is 1.85 bits per heavy atom. The van der Waals surface area contributed by atoms with Gasteiger partial charge in [-0.25, -0.2) is 0 Å². The van der Waals surface area contributed by atoms with Crippen LogP contribution in [0.4, 0.5) is 0 Å². The van der Waals surface area contributed by atoms with Crippen LogP contribution in [0.2, 0.25) is 0 Å². The van der Waals surface area contributed by atoms with Crippen LogP contribution in [0.15, 0.2) is 54.6 Å². The van der Waals surface area contributed by atoms with E-state index in [0.717, 1.165) is 18.2 Å². The minimum atomic E-state index is 0.345. The third-order valence-electron chi connectivity index (χ3n) is 6.68. The van der Waals surface area contributed by atoms with Crippen LogP contribution in [0, 0.1) is 5.92 Å². The Kier molecular flexibility index (Phi) is 5.31. The minimum Gasteiger partial charge on any atom is -0.497 e. The van der Waals surface area contributed by atoms with Crippen molar-refractivity contribution in [1.29, 1.82) is 0 Å². The molecular weight excluding hydrogens is 318 g/mol. The van der Waals surface area contributed by atoms with Gasteiger partial charge in [-0.05, 0) is 66.8 Å². The van der Waals surface area contributed by atoms with E-state index >= 15 is 0 Å². The second-order valence-electron chi connectivity index (χ2n) is 8.16. The fourth-order valence-corrected chi connectivity index (χ4v) is 5.37. The molecule has 1 aliphatic carbocycles. The van der Waals surface area contributed by atoms with Crippen molar-refractivity contribution in [1.82, 2.24) is 4.90 Å². The molecule has 0 amide bonds. The molecule has 0 aromatic heterocycles. The summed E-state index contributed by atoms with van der Waals surface area (Å²) in [6.07, 6.45) is 8.06. The first kappa shape index (κ1) is 17.6. The first-order chi connectivity index (χ1) is 12.8. The molecule has 2 aromatic rings. The van der Waals surface area contributed by atoms with E-state index in [0.29, 0.717) is 5.41 Å². The number of fused-ring (bicyclic) bond motifs is 1. The fraction of sp³-hybridized carbons (Fsp3) is 0.500. The van der Waals surface area contributed by atoms with Crippen molar-refractivity contribution in [2.24, 2.45) is 5.92 Å². The van der Waals surface area contributed by atoms with Crippen molar-refractivity contribution in [2.45, 2.75) is 50.5 Å². The molecule has 1 heterocycles. The Bertz CT molecular complexity index is 713. The van der Waals surface area contributed by atoms with Crippen molar-refractivity contribution < 1.29 is 4.74 Å². The molecule has 0 spiro atoms. The first-order valence-corrected chi connectivity index (χ1v) is 10.2. The topological polar surface area (TPSA) is 12.5 Å². The van der Waals surface area contributed by atoms with E-state index in [1.807, 2.05) is 0 Å². The van der Waals surface area contributed by atoms with E-state index in [1.54, 1.807) is 7.11 Å². The van der Waals surface area contributed by atoms with Crippen LogP contribution in [-0.2, 0) is 12.0 Å². The molecule has 0 bridgehead atoms. The zero-order chi connectivity index (χ0) is 17.8.